The van der Waals surface area contributed by atoms with Crippen molar-refractivity contribution in [2.75, 3.05) is 11.9 Å². The maximum absolute atomic E-state index is 9.09. The third kappa shape index (κ3) is 2.95. The maximum atomic E-state index is 9.09. The minimum atomic E-state index is 0.0628. The number of aromatic nitrogens is 1. The number of aryl methyl sites for hydroxylation is 1. The van der Waals surface area contributed by atoms with Crippen LogP contribution in [0.15, 0.2) is 12.1 Å². The predicted octanol–water partition coefficient (Wildman–Crippen LogP) is 2.51. The van der Waals surface area contributed by atoms with Crippen molar-refractivity contribution in [3.05, 3.63) is 23.4 Å². The van der Waals surface area contributed by atoms with E-state index in [1.165, 1.54) is 12.8 Å². The minimum absolute atomic E-state index is 0.0628. The molecule has 0 aliphatic rings. The lowest BCUT2D eigenvalue weighted by Crippen LogP contribution is -2.29. The zero-order chi connectivity index (χ0) is 12.1. The molecule has 0 saturated heterocycles. The van der Waals surface area contributed by atoms with Crippen molar-refractivity contribution in [2.24, 2.45) is 0 Å². The molecule has 1 aromatic rings. The monoisotopic (exact) mass is 222 g/mol. The van der Waals surface area contributed by atoms with E-state index in [1.54, 1.807) is 0 Å². The van der Waals surface area contributed by atoms with Crippen LogP contribution in [0.5, 0.6) is 0 Å². The quantitative estimate of drug-likeness (QED) is 0.831. The lowest BCUT2D eigenvalue weighted by Gasteiger charge is -2.26. The molecule has 90 valence electrons. The third-order valence-electron chi connectivity index (χ3n) is 3.08. The van der Waals surface area contributed by atoms with Gasteiger partial charge in [-0.05, 0) is 31.9 Å². The largest absolute Gasteiger partial charge is 0.392 e. The highest BCUT2D eigenvalue weighted by molar-refractivity contribution is 5.41. The molecule has 1 rings (SSSR count). The zero-order valence-corrected chi connectivity index (χ0v) is 10.7. The van der Waals surface area contributed by atoms with E-state index in [9.17, 15) is 0 Å². The number of hydrogen-bond acceptors (Lipinski definition) is 3. The van der Waals surface area contributed by atoms with Gasteiger partial charge in [0.25, 0.3) is 0 Å². The van der Waals surface area contributed by atoms with Crippen molar-refractivity contribution in [3.63, 3.8) is 0 Å². The molecule has 0 aromatic carbocycles. The highest BCUT2D eigenvalue weighted by Gasteiger charge is 2.11. The van der Waals surface area contributed by atoms with Gasteiger partial charge in [0, 0.05) is 18.8 Å². The Bertz CT molecular complexity index is 339. The van der Waals surface area contributed by atoms with E-state index in [2.05, 4.69) is 30.8 Å². The van der Waals surface area contributed by atoms with Gasteiger partial charge in [0.15, 0.2) is 0 Å². The van der Waals surface area contributed by atoms with Gasteiger partial charge < -0.3 is 10.0 Å². The fourth-order valence-corrected chi connectivity index (χ4v) is 1.78. The van der Waals surface area contributed by atoms with Crippen LogP contribution in [0.1, 0.15) is 37.9 Å². The summed E-state index contributed by atoms with van der Waals surface area (Å²) in [4.78, 5) is 6.71. The summed E-state index contributed by atoms with van der Waals surface area (Å²) in [5.41, 5.74) is 1.82. The molecule has 1 unspecified atom stereocenters. The van der Waals surface area contributed by atoms with E-state index < -0.39 is 0 Å². The molecular weight excluding hydrogens is 200 g/mol. The number of hydrogen-bond donors (Lipinski definition) is 1. The topological polar surface area (TPSA) is 36.4 Å². The van der Waals surface area contributed by atoms with E-state index in [0.29, 0.717) is 6.04 Å². The van der Waals surface area contributed by atoms with Crippen LogP contribution >= 0.6 is 0 Å². The fraction of sp³-hybridized carbons (Fsp3) is 0.615. The Morgan fingerprint density at radius 3 is 2.62 bits per heavy atom. The van der Waals surface area contributed by atoms with Crippen LogP contribution in [0.2, 0.25) is 0 Å². The molecule has 0 spiro atoms. The van der Waals surface area contributed by atoms with Gasteiger partial charge in [0.05, 0.1) is 6.61 Å². The second-order valence-electron chi connectivity index (χ2n) is 4.32. The van der Waals surface area contributed by atoms with Gasteiger partial charge in [-0.3, -0.25) is 0 Å². The van der Waals surface area contributed by atoms with E-state index >= 15 is 0 Å². The Morgan fingerprint density at radius 1 is 1.44 bits per heavy atom. The zero-order valence-electron chi connectivity index (χ0n) is 10.7. The van der Waals surface area contributed by atoms with Crippen LogP contribution in [0.3, 0.4) is 0 Å². The lowest BCUT2D eigenvalue weighted by atomic mass is 10.1. The first-order chi connectivity index (χ1) is 7.60. The molecule has 0 bridgehead atoms. The normalized spacial score (nSPS) is 12.6. The van der Waals surface area contributed by atoms with Crippen molar-refractivity contribution in [3.8, 4) is 0 Å². The minimum Gasteiger partial charge on any atom is -0.392 e. The van der Waals surface area contributed by atoms with E-state index in [-0.39, 0.29) is 6.61 Å². The number of nitrogens with zero attached hydrogens (tertiary/aromatic N) is 2. The molecule has 0 aliphatic carbocycles. The van der Waals surface area contributed by atoms with Crippen LogP contribution in [0, 0.1) is 6.92 Å². The van der Waals surface area contributed by atoms with E-state index in [0.717, 1.165) is 17.1 Å². The van der Waals surface area contributed by atoms with Gasteiger partial charge in [-0.2, -0.15) is 0 Å². The average molecular weight is 222 g/mol. The van der Waals surface area contributed by atoms with Gasteiger partial charge in [0.2, 0.25) is 0 Å². The van der Waals surface area contributed by atoms with E-state index in [1.807, 2.05) is 19.1 Å². The number of rotatable bonds is 5. The van der Waals surface area contributed by atoms with Crippen LogP contribution in [0.25, 0.3) is 0 Å². The molecule has 3 nitrogen and oxygen atoms in total. The summed E-state index contributed by atoms with van der Waals surface area (Å²) in [5, 5.41) is 9.09. The number of aliphatic hydroxyl groups is 1. The van der Waals surface area contributed by atoms with Crippen molar-refractivity contribution < 1.29 is 5.11 Å². The molecule has 1 aromatic heterocycles. The lowest BCUT2D eigenvalue weighted by molar-refractivity contribution is 0.280. The smallest absolute Gasteiger partial charge is 0.128 e. The molecule has 1 N–H and O–H groups in total. The molecule has 0 aliphatic heterocycles. The molecule has 1 heterocycles. The fourth-order valence-electron chi connectivity index (χ4n) is 1.78. The van der Waals surface area contributed by atoms with Crippen molar-refractivity contribution in [1.82, 2.24) is 4.98 Å². The van der Waals surface area contributed by atoms with Crippen LogP contribution < -0.4 is 4.90 Å². The second kappa shape index (κ2) is 5.85. The Balaban J connectivity index is 2.84. The molecule has 0 saturated carbocycles. The molecule has 0 radical (unpaired) electrons. The van der Waals surface area contributed by atoms with Crippen molar-refractivity contribution in [1.29, 1.82) is 0 Å². The van der Waals surface area contributed by atoms with Gasteiger partial charge >= 0.3 is 0 Å². The third-order valence-corrected chi connectivity index (χ3v) is 3.08. The summed E-state index contributed by atoms with van der Waals surface area (Å²) in [6.07, 6.45) is 2.35. The predicted molar refractivity (Wildman–Crippen MR) is 67.7 cm³/mol. The highest BCUT2D eigenvalue weighted by atomic mass is 16.3. The average Bonchev–Trinajstić information content (AvgIpc) is 2.28. The first kappa shape index (κ1) is 13.0. The van der Waals surface area contributed by atoms with Gasteiger partial charge in [-0.25, -0.2) is 4.98 Å². The summed E-state index contributed by atoms with van der Waals surface area (Å²) in [6, 6.07) is 4.43. The summed E-state index contributed by atoms with van der Waals surface area (Å²) < 4.78 is 0. The maximum Gasteiger partial charge on any atom is 0.128 e. The summed E-state index contributed by atoms with van der Waals surface area (Å²) in [5.74, 6) is 0.982. The number of pyridine rings is 1. The second-order valence-corrected chi connectivity index (χ2v) is 4.32. The molecule has 3 heteroatoms. The Hall–Kier alpha value is -1.09. The Morgan fingerprint density at radius 2 is 2.12 bits per heavy atom. The molecule has 0 fully saturated rings. The van der Waals surface area contributed by atoms with Gasteiger partial charge in [-0.1, -0.05) is 19.4 Å². The number of aliphatic hydroxyl groups excluding tert-OH is 1. The SMILES string of the molecule is CCCC(C)N(C)c1ccc(CO)c(C)n1. The summed E-state index contributed by atoms with van der Waals surface area (Å²) in [6.45, 7) is 6.40. The van der Waals surface area contributed by atoms with Gasteiger partial charge in [0.1, 0.15) is 5.82 Å². The first-order valence-electron chi connectivity index (χ1n) is 5.90. The van der Waals surface area contributed by atoms with E-state index in [4.69, 9.17) is 5.11 Å². The first-order valence-corrected chi connectivity index (χ1v) is 5.90. The highest BCUT2D eigenvalue weighted by Crippen LogP contribution is 2.17. The Kier molecular flexibility index (Phi) is 4.74. The van der Waals surface area contributed by atoms with Crippen molar-refractivity contribution in [2.45, 2.75) is 46.3 Å². The van der Waals surface area contributed by atoms with Crippen molar-refractivity contribution >= 4 is 5.82 Å². The van der Waals surface area contributed by atoms with Crippen LogP contribution in [0.4, 0.5) is 5.82 Å². The standard InChI is InChI=1S/C13H22N2O/c1-5-6-10(2)15(4)13-8-7-12(9-16)11(3)14-13/h7-8,10,16H,5-6,9H2,1-4H3. The number of anilines is 1. The summed E-state index contributed by atoms with van der Waals surface area (Å²) >= 11 is 0. The molecule has 16 heavy (non-hydrogen) atoms. The molecular formula is C13H22N2O. The van der Waals surface area contributed by atoms with Crippen LogP contribution in [-0.2, 0) is 6.61 Å². The van der Waals surface area contributed by atoms with Gasteiger partial charge in [-0.15, -0.1) is 0 Å². The Labute approximate surface area is 98.1 Å². The summed E-state index contributed by atoms with van der Waals surface area (Å²) in [7, 11) is 2.07. The molecule has 1 atom stereocenters. The molecule has 0 amide bonds. The van der Waals surface area contributed by atoms with Crippen LogP contribution in [-0.4, -0.2) is 23.2 Å².